The minimum absolute atomic E-state index is 0.261. The van der Waals surface area contributed by atoms with Gasteiger partial charge in [-0.2, -0.15) is 8.78 Å². The molecule has 14 heavy (non-hydrogen) atoms. The van der Waals surface area contributed by atoms with E-state index in [4.69, 9.17) is 0 Å². The van der Waals surface area contributed by atoms with Gasteiger partial charge in [0.05, 0.1) is 5.56 Å². The zero-order chi connectivity index (χ0) is 10.7. The van der Waals surface area contributed by atoms with Gasteiger partial charge in [-0.05, 0) is 19.1 Å². The molecule has 0 atom stereocenters. The van der Waals surface area contributed by atoms with Gasteiger partial charge in [-0.15, -0.1) is 0 Å². The first-order chi connectivity index (χ1) is 6.52. The number of carbonyl (C=O) groups excluding carboxylic acids is 1. The van der Waals surface area contributed by atoms with Crippen LogP contribution in [0.15, 0.2) is 18.2 Å². The van der Waals surface area contributed by atoms with Crippen LogP contribution in [0, 0.1) is 5.82 Å². The summed E-state index contributed by atoms with van der Waals surface area (Å²) in [5.74, 6) is -2.21. The zero-order valence-corrected chi connectivity index (χ0v) is 7.26. The summed E-state index contributed by atoms with van der Waals surface area (Å²) in [6.07, 6.45) is 0. The molecule has 1 aromatic rings. The number of rotatable bonds is 3. The zero-order valence-electron chi connectivity index (χ0n) is 7.26. The highest BCUT2D eigenvalue weighted by Gasteiger charge is 2.15. The van der Waals surface area contributed by atoms with E-state index in [1.807, 2.05) is 0 Å². The fourth-order valence-corrected chi connectivity index (χ4v) is 0.970. The van der Waals surface area contributed by atoms with Crippen LogP contribution in [0.25, 0.3) is 0 Å². The summed E-state index contributed by atoms with van der Waals surface area (Å²) >= 11 is 0. The van der Waals surface area contributed by atoms with Gasteiger partial charge in [0.15, 0.2) is 17.3 Å². The van der Waals surface area contributed by atoms with Crippen molar-refractivity contribution in [2.24, 2.45) is 0 Å². The van der Waals surface area contributed by atoms with Crippen molar-refractivity contribution < 1.29 is 22.7 Å². The molecule has 0 unspecified atom stereocenters. The Balaban J connectivity index is 3.07. The molecule has 5 heteroatoms. The molecule has 0 spiro atoms. The van der Waals surface area contributed by atoms with Gasteiger partial charge in [0.2, 0.25) is 0 Å². The largest absolute Gasteiger partial charge is 0.432 e. The SMILES string of the molecule is CC(=O)c1cccc(OC(F)F)c1F. The number of benzene rings is 1. The quantitative estimate of drug-likeness (QED) is 0.707. The second kappa shape index (κ2) is 4.13. The maximum Gasteiger partial charge on any atom is 0.387 e. The third kappa shape index (κ3) is 2.25. The van der Waals surface area contributed by atoms with E-state index in [1.165, 1.54) is 12.1 Å². The number of ketones is 1. The minimum atomic E-state index is -3.10. The molecule has 0 saturated heterocycles. The summed E-state index contributed by atoms with van der Waals surface area (Å²) in [4.78, 5) is 10.8. The van der Waals surface area contributed by atoms with Crippen LogP contribution >= 0.6 is 0 Å². The van der Waals surface area contributed by atoms with Crippen molar-refractivity contribution >= 4 is 5.78 Å². The van der Waals surface area contributed by atoms with Gasteiger partial charge in [0.25, 0.3) is 0 Å². The number of carbonyl (C=O) groups is 1. The summed E-state index contributed by atoms with van der Waals surface area (Å²) in [5, 5.41) is 0. The number of hydrogen-bond acceptors (Lipinski definition) is 2. The highest BCUT2D eigenvalue weighted by Crippen LogP contribution is 2.22. The molecule has 0 amide bonds. The van der Waals surface area contributed by atoms with E-state index >= 15 is 0 Å². The Bertz CT molecular complexity index is 350. The van der Waals surface area contributed by atoms with Gasteiger partial charge in [0.1, 0.15) is 0 Å². The lowest BCUT2D eigenvalue weighted by atomic mass is 10.1. The predicted octanol–water partition coefficient (Wildman–Crippen LogP) is 2.63. The average Bonchev–Trinajstić information content (AvgIpc) is 2.07. The lowest BCUT2D eigenvalue weighted by Gasteiger charge is -2.06. The van der Waals surface area contributed by atoms with Crippen LogP contribution in [0.5, 0.6) is 5.75 Å². The first kappa shape index (κ1) is 10.6. The third-order valence-electron chi connectivity index (χ3n) is 1.56. The Morgan fingerprint density at radius 3 is 2.57 bits per heavy atom. The van der Waals surface area contributed by atoms with Crippen molar-refractivity contribution in [3.05, 3.63) is 29.6 Å². The molecular formula is C9H7F3O2. The first-order valence-electron chi connectivity index (χ1n) is 3.76. The molecule has 0 heterocycles. The van der Waals surface area contributed by atoms with E-state index in [9.17, 15) is 18.0 Å². The molecule has 0 aromatic heterocycles. The highest BCUT2D eigenvalue weighted by atomic mass is 19.3. The molecule has 0 saturated carbocycles. The Morgan fingerprint density at radius 1 is 1.43 bits per heavy atom. The standard InChI is InChI=1S/C9H7F3O2/c1-5(13)6-3-2-4-7(8(6)10)14-9(11)12/h2-4,9H,1H3. The van der Waals surface area contributed by atoms with E-state index in [2.05, 4.69) is 4.74 Å². The molecule has 0 N–H and O–H groups in total. The fourth-order valence-electron chi connectivity index (χ4n) is 0.970. The maximum absolute atomic E-state index is 13.2. The van der Waals surface area contributed by atoms with E-state index in [0.29, 0.717) is 0 Å². The average molecular weight is 204 g/mol. The Kier molecular flexibility index (Phi) is 3.11. The molecule has 0 radical (unpaired) electrons. The van der Waals surface area contributed by atoms with Crippen LogP contribution in [0.2, 0.25) is 0 Å². The molecule has 76 valence electrons. The highest BCUT2D eigenvalue weighted by molar-refractivity contribution is 5.94. The fraction of sp³-hybridized carbons (Fsp3) is 0.222. The van der Waals surface area contributed by atoms with Crippen LogP contribution in [0.4, 0.5) is 13.2 Å². The van der Waals surface area contributed by atoms with Crippen molar-refractivity contribution in [1.82, 2.24) is 0 Å². The summed E-state index contributed by atoms with van der Waals surface area (Å²) in [7, 11) is 0. The summed E-state index contributed by atoms with van der Waals surface area (Å²) in [5.41, 5.74) is -0.261. The maximum atomic E-state index is 13.2. The van der Waals surface area contributed by atoms with E-state index in [0.717, 1.165) is 13.0 Å². The van der Waals surface area contributed by atoms with Gasteiger partial charge in [0, 0.05) is 0 Å². The Hall–Kier alpha value is -1.52. The van der Waals surface area contributed by atoms with Crippen molar-refractivity contribution in [3.63, 3.8) is 0 Å². The summed E-state index contributed by atoms with van der Waals surface area (Å²) in [6, 6.07) is 3.52. The van der Waals surface area contributed by atoms with Gasteiger partial charge >= 0.3 is 6.61 Å². The Labute approximate surface area is 78.3 Å². The van der Waals surface area contributed by atoms with Crippen molar-refractivity contribution in [1.29, 1.82) is 0 Å². The monoisotopic (exact) mass is 204 g/mol. The van der Waals surface area contributed by atoms with Crippen LogP contribution in [-0.2, 0) is 0 Å². The second-order valence-electron chi connectivity index (χ2n) is 2.55. The van der Waals surface area contributed by atoms with Gasteiger partial charge in [-0.1, -0.05) is 6.07 Å². The molecule has 0 fully saturated rings. The van der Waals surface area contributed by atoms with Crippen LogP contribution in [-0.4, -0.2) is 12.4 Å². The van der Waals surface area contributed by atoms with E-state index < -0.39 is 24.0 Å². The normalized spacial score (nSPS) is 10.4. The minimum Gasteiger partial charge on any atom is -0.432 e. The van der Waals surface area contributed by atoms with E-state index in [-0.39, 0.29) is 5.56 Å². The summed E-state index contributed by atoms with van der Waals surface area (Å²) in [6.45, 7) is -1.96. The number of alkyl halides is 2. The second-order valence-corrected chi connectivity index (χ2v) is 2.55. The number of Topliss-reactive ketones (excluding diaryl/α,β-unsaturated/α-hetero) is 1. The van der Waals surface area contributed by atoms with Gasteiger partial charge in [-0.3, -0.25) is 4.79 Å². The first-order valence-corrected chi connectivity index (χ1v) is 3.76. The van der Waals surface area contributed by atoms with Crippen LogP contribution < -0.4 is 4.74 Å². The topological polar surface area (TPSA) is 26.3 Å². The Morgan fingerprint density at radius 2 is 2.07 bits per heavy atom. The van der Waals surface area contributed by atoms with Crippen molar-refractivity contribution in [3.8, 4) is 5.75 Å². The van der Waals surface area contributed by atoms with E-state index in [1.54, 1.807) is 0 Å². The molecule has 0 bridgehead atoms. The number of hydrogen-bond donors (Lipinski definition) is 0. The smallest absolute Gasteiger partial charge is 0.387 e. The number of ether oxygens (including phenoxy) is 1. The number of halogens is 3. The molecular weight excluding hydrogens is 197 g/mol. The van der Waals surface area contributed by atoms with Crippen molar-refractivity contribution in [2.75, 3.05) is 0 Å². The molecule has 0 aliphatic rings. The molecule has 1 aromatic carbocycles. The molecule has 0 aliphatic carbocycles. The molecule has 1 rings (SSSR count). The third-order valence-corrected chi connectivity index (χ3v) is 1.56. The molecule has 2 nitrogen and oxygen atoms in total. The molecule has 0 aliphatic heterocycles. The van der Waals surface area contributed by atoms with Gasteiger partial charge < -0.3 is 4.74 Å². The van der Waals surface area contributed by atoms with Crippen LogP contribution in [0.1, 0.15) is 17.3 Å². The van der Waals surface area contributed by atoms with Crippen molar-refractivity contribution in [2.45, 2.75) is 13.5 Å². The lowest BCUT2D eigenvalue weighted by molar-refractivity contribution is -0.0522. The van der Waals surface area contributed by atoms with Crippen LogP contribution in [0.3, 0.4) is 0 Å². The lowest BCUT2D eigenvalue weighted by Crippen LogP contribution is -2.06. The van der Waals surface area contributed by atoms with Gasteiger partial charge in [-0.25, -0.2) is 4.39 Å². The predicted molar refractivity (Wildman–Crippen MR) is 43.0 cm³/mol. The summed E-state index contributed by atoms with van der Waals surface area (Å²) < 4.78 is 40.6.